The maximum atomic E-state index is 2.38. The molecule has 1 atom stereocenters. The molecule has 0 saturated heterocycles. The maximum Gasteiger partial charge on any atom is 0.0516 e. The van der Waals surface area contributed by atoms with Gasteiger partial charge in [-0.2, -0.15) is 0 Å². The second kappa shape index (κ2) is 1.66. The molecule has 1 heterocycles. The summed E-state index contributed by atoms with van der Waals surface area (Å²) in [6.07, 6.45) is 3.83. The van der Waals surface area contributed by atoms with Gasteiger partial charge in [-0.3, -0.25) is 0 Å². The number of allylic oxidation sites excluding steroid dienone is 2. The molecule has 2 rings (SSSR count). The molecule has 1 aliphatic carbocycles. The monoisotopic (exact) mass is 142 g/mol. The number of hydrogen-bond donors (Lipinski definition) is 0. The molecule has 8 heavy (non-hydrogen) atoms. The van der Waals surface area contributed by atoms with Crippen LogP contribution in [0.2, 0.25) is 0 Å². The van der Waals surface area contributed by atoms with Gasteiger partial charge in [0.2, 0.25) is 0 Å². The minimum atomic E-state index is 0.933. The van der Waals surface area contributed by atoms with Gasteiger partial charge >= 0.3 is 0 Å². The van der Waals surface area contributed by atoms with Crippen molar-refractivity contribution in [2.75, 3.05) is 0 Å². The van der Waals surface area contributed by atoms with E-state index >= 15 is 0 Å². The molecule has 42 valence electrons. The summed E-state index contributed by atoms with van der Waals surface area (Å²) >= 11 is 0. The molecular formula is C6H8P2. The lowest BCUT2D eigenvalue weighted by atomic mass is 10.2. The SMILES string of the molecule is CC1=CC1CC1P=P1. The molecule has 0 aromatic rings. The molecule has 0 spiro atoms. The number of rotatable bonds is 2. The van der Waals surface area contributed by atoms with Crippen molar-refractivity contribution in [2.45, 2.75) is 18.7 Å². The van der Waals surface area contributed by atoms with Gasteiger partial charge in [0.1, 0.15) is 0 Å². The molecule has 1 aliphatic heterocycles. The molecule has 0 bridgehead atoms. The Morgan fingerprint density at radius 2 is 2.25 bits per heavy atom. The van der Waals surface area contributed by atoms with E-state index in [1.165, 1.54) is 6.42 Å². The summed E-state index contributed by atoms with van der Waals surface area (Å²) in [4.78, 5) is 0. The Labute approximate surface area is 52.8 Å². The van der Waals surface area contributed by atoms with Gasteiger partial charge in [0.25, 0.3) is 0 Å². The van der Waals surface area contributed by atoms with Crippen molar-refractivity contribution in [1.82, 2.24) is 0 Å². The Morgan fingerprint density at radius 1 is 1.62 bits per heavy atom. The Bertz CT molecular complexity index is 163. The van der Waals surface area contributed by atoms with E-state index in [1.54, 1.807) is 21.3 Å². The molecule has 0 amide bonds. The molecule has 0 N–H and O–H groups in total. The second-order valence-corrected chi connectivity index (χ2v) is 5.97. The summed E-state index contributed by atoms with van der Waals surface area (Å²) in [5.41, 5.74) is 1.63. The van der Waals surface area contributed by atoms with Crippen molar-refractivity contribution in [3.05, 3.63) is 11.6 Å². The van der Waals surface area contributed by atoms with Crippen LogP contribution in [-0.2, 0) is 0 Å². The van der Waals surface area contributed by atoms with E-state index in [9.17, 15) is 0 Å². The van der Waals surface area contributed by atoms with E-state index in [0.29, 0.717) is 0 Å². The molecule has 1 unspecified atom stereocenters. The third-order valence-corrected chi connectivity index (χ3v) is 4.34. The minimum Gasteiger partial charge on any atom is -0.0778 e. The van der Waals surface area contributed by atoms with Gasteiger partial charge in [0.05, 0.1) is 5.40 Å². The average molecular weight is 142 g/mol. The van der Waals surface area contributed by atoms with Gasteiger partial charge in [0, 0.05) is 0 Å². The second-order valence-electron chi connectivity index (χ2n) is 2.46. The summed E-state index contributed by atoms with van der Waals surface area (Å²) < 4.78 is 0. The van der Waals surface area contributed by atoms with Crippen LogP contribution in [0.5, 0.6) is 0 Å². The molecule has 2 heteroatoms. The smallest absolute Gasteiger partial charge is 0.0516 e. The van der Waals surface area contributed by atoms with E-state index in [2.05, 4.69) is 13.0 Å². The van der Waals surface area contributed by atoms with Crippen LogP contribution < -0.4 is 0 Å². The quantitative estimate of drug-likeness (QED) is 0.410. The highest BCUT2D eigenvalue weighted by Gasteiger charge is 2.26. The van der Waals surface area contributed by atoms with Crippen LogP contribution in [0.25, 0.3) is 0 Å². The summed E-state index contributed by atoms with van der Waals surface area (Å²) in [5, 5.41) is 1.06. The van der Waals surface area contributed by atoms with Gasteiger partial charge in [-0.25, -0.2) is 0 Å². The zero-order chi connectivity index (χ0) is 5.56. The molecule has 0 fully saturated rings. The average Bonchev–Trinajstić information content (AvgIpc) is 2.52. The van der Waals surface area contributed by atoms with E-state index < -0.39 is 0 Å². The third-order valence-electron chi connectivity index (χ3n) is 1.68. The standard InChI is InChI=1S/C6H8P2/c1-4-2-5(4)3-6-7-8-6/h2,5-6H,3H2,1H3. The Kier molecular flexibility index (Phi) is 1.07. The molecule has 0 radical (unpaired) electrons. The van der Waals surface area contributed by atoms with Crippen molar-refractivity contribution in [3.8, 4) is 0 Å². The zero-order valence-corrected chi connectivity index (χ0v) is 6.62. The lowest BCUT2D eigenvalue weighted by Gasteiger charge is -1.90. The van der Waals surface area contributed by atoms with Crippen LogP contribution in [0.4, 0.5) is 0 Å². The lowest BCUT2D eigenvalue weighted by Crippen LogP contribution is -1.83. The van der Waals surface area contributed by atoms with E-state index in [1.807, 2.05) is 0 Å². The van der Waals surface area contributed by atoms with Gasteiger partial charge < -0.3 is 0 Å². The molecule has 2 aliphatic rings. The predicted octanol–water partition coefficient (Wildman–Crippen LogP) is 3.10. The third kappa shape index (κ3) is 1.02. The zero-order valence-electron chi connectivity index (χ0n) is 4.83. The molecule has 0 nitrogen and oxygen atoms in total. The minimum absolute atomic E-state index is 0.933. The fourth-order valence-electron chi connectivity index (χ4n) is 0.892. The van der Waals surface area contributed by atoms with Crippen LogP contribution in [0, 0.1) is 5.92 Å². The first-order valence-corrected chi connectivity index (χ1v) is 5.58. The molecule has 0 aromatic heterocycles. The van der Waals surface area contributed by atoms with Gasteiger partial charge in [0.15, 0.2) is 0 Å². The van der Waals surface area contributed by atoms with Crippen molar-refractivity contribution >= 4 is 15.7 Å². The first-order valence-electron chi connectivity index (χ1n) is 2.94. The molecular weight excluding hydrogens is 134 g/mol. The summed E-state index contributed by atoms with van der Waals surface area (Å²) in [6.45, 7) is 2.24. The van der Waals surface area contributed by atoms with Gasteiger partial charge in [-0.1, -0.05) is 27.4 Å². The van der Waals surface area contributed by atoms with Crippen molar-refractivity contribution < 1.29 is 0 Å². The predicted molar refractivity (Wildman–Crippen MR) is 39.5 cm³/mol. The fraction of sp³-hybridized carbons (Fsp3) is 0.667. The fourth-order valence-corrected chi connectivity index (χ4v) is 2.48. The molecule has 0 aromatic carbocycles. The van der Waals surface area contributed by atoms with Crippen molar-refractivity contribution in [3.63, 3.8) is 0 Å². The van der Waals surface area contributed by atoms with Crippen LogP contribution in [0.15, 0.2) is 11.6 Å². The summed E-state index contributed by atoms with van der Waals surface area (Å²) in [5.74, 6) is 0.933. The highest BCUT2D eigenvalue weighted by molar-refractivity contribution is 8.02. The Hall–Kier alpha value is 0.340. The lowest BCUT2D eigenvalue weighted by molar-refractivity contribution is 0.828. The van der Waals surface area contributed by atoms with Crippen LogP contribution in [-0.4, -0.2) is 5.40 Å². The van der Waals surface area contributed by atoms with E-state index in [0.717, 1.165) is 11.3 Å². The van der Waals surface area contributed by atoms with Crippen molar-refractivity contribution in [2.24, 2.45) is 5.92 Å². The highest BCUT2D eigenvalue weighted by Crippen LogP contribution is 2.53. The highest BCUT2D eigenvalue weighted by atomic mass is 31.8. The van der Waals surface area contributed by atoms with Gasteiger partial charge in [-0.05, 0) is 19.3 Å². The van der Waals surface area contributed by atoms with Crippen LogP contribution in [0.1, 0.15) is 13.3 Å². The first kappa shape index (κ1) is 5.15. The van der Waals surface area contributed by atoms with Crippen molar-refractivity contribution in [1.29, 1.82) is 0 Å². The van der Waals surface area contributed by atoms with E-state index in [4.69, 9.17) is 0 Å². The normalized spacial score (nSPS) is 43.4. The summed E-state index contributed by atoms with van der Waals surface area (Å²) in [6, 6.07) is 0. The maximum absolute atomic E-state index is 2.38. The van der Waals surface area contributed by atoms with Crippen LogP contribution in [0.3, 0.4) is 0 Å². The molecule has 0 saturated carbocycles. The number of hydrogen-bond acceptors (Lipinski definition) is 0. The largest absolute Gasteiger partial charge is 0.0778 e. The first-order chi connectivity index (χ1) is 3.86. The van der Waals surface area contributed by atoms with E-state index in [-0.39, 0.29) is 0 Å². The topological polar surface area (TPSA) is 0 Å². The van der Waals surface area contributed by atoms with Crippen LogP contribution >= 0.6 is 15.7 Å². The summed E-state index contributed by atoms with van der Waals surface area (Å²) in [7, 11) is 3.36. The Balaban J connectivity index is 1.72. The Morgan fingerprint density at radius 3 is 2.62 bits per heavy atom. The van der Waals surface area contributed by atoms with Gasteiger partial charge in [-0.15, -0.1) is 0 Å².